The minimum absolute atomic E-state index is 0.0461. The van der Waals surface area contributed by atoms with Gasteiger partial charge < -0.3 is 15.4 Å². The first-order valence-electron chi connectivity index (χ1n) is 8.20. The quantitative estimate of drug-likeness (QED) is 0.847. The number of ether oxygens (including phenoxy) is 1. The van der Waals surface area contributed by atoms with Crippen molar-refractivity contribution in [3.8, 4) is 5.88 Å². The zero-order chi connectivity index (χ0) is 17.6. The van der Waals surface area contributed by atoms with Gasteiger partial charge in [-0.2, -0.15) is 0 Å². The van der Waals surface area contributed by atoms with Crippen LogP contribution in [0.2, 0.25) is 5.02 Å². The lowest BCUT2D eigenvalue weighted by molar-refractivity contribution is 0.135. The van der Waals surface area contributed by atoms with Gasteiger partial charge in [0.05, 0.1) is 10.7 Å². The highest BCUT2D eigenvalue weighted by Crippen LogP contribution is 2.23. The number of rotatable bonds is 4. The Labute approximate surface area is 150 Å². The second-order valence-electron chi connectivity index (χ2n) is 5.98. The molecule has 1 aromatic carbocycles. The van der Waals surface area contributed by atoms with Crippen molar-refractivity contribution in [2.45, 2.75) is 37.8 Å². The van der Waals surface area contributed by atoms with Crippen LogP contribution in [-0.2, 0) is 0 Å². The molecule has 0 spiro atoms. The molecule has 0 saturated heterocycles. The highest BCUT2D eigenvalue weighted by molar-refractivity contribution is 6.30. The maximum absolute atomic E-state index is 13.5. The minimum atomic E-state index is -0.453. The highest BCUT2D eigenvalue weighted by Gasteiger charge is 2.24. The van der Waals surface area contributed by atoms with Gasteiger partial charge in [-0.05, 0) is 43.9 Å². The number of para-hydroxylation sites is 1. The number of pyridine rings is 1. The molecular weight excluding hydrogens is 345 g/mol. The Morgan fingerprint density at radius 3 is 2.60 bits per heavy atom. The third kappa shape index (κ3) is 5.06. The van der Waals surface area contributed by atoms with Gasteiger partial charge in [-0.3, -0.25) is 0 Å². The van der Waals surface area contributed by atoms with Crippen molar-refractivity contribution in [1.82, 2.24) is 10.3 Å². The molecule has 1 aromatic heterocycles. The Morgan fingerprint density at radius 2 is 1.92 bits per heavy atom. The van der Waals surface area contributed by atoms with Gasteiger partial charge in [-0.1, -0.05) is 23.7 Å². The molecular formula is C18H19ClFN3O2. The van der Waals surface area contributed by atoms with Crippen molar-refractivity contribution >= 4 is 23.3 Å². The number of urea groups is 1. The first-order chi connectivity index (χ1) is 12.1. The van der Waals surface area contributed by atoms with E-state index in [-0.39, 0.29) is 17.8 Å². The summed E-state index contributed by atoms with van der Waals surface area (Å²) >= 11 is 5.80. The van der Waals surface area contributed by atoms with Gasteiger partial charge in [0, 0.05) is 18.3 Å². The highest BCUT2D eigenvalue weighted by atomic mass is 35.5. The summed E-state index contributed by atoms with van der Waals surface area (Å²) in [5, 5.41) is 5.99. The van der Waals surface area contributed by atoms with E-state index in [4.69, 9.17) is 16.3 Å². The summed E-state index contributed by atoms with van der Waals surface area (Å²) in [5.41, 5.74) is 0.172. The number of nitrogens with zero attached hydrogens (tertiary/aromatic N) is 1. The third-order valence-corrected chi connectivity index (χ3v) is 4.34. The number of carbonyl (C=O) groups excluding carboxylic acids is 1. The average Bonchev–Trinajstić information content (AvgIpc) is 2.61. The van der Waals surface area contributed by atoms with Gasteiger partial charge in [0.2, 0.25) is 5.88 Å². The molecule has 1 saturated carbocycles. The molecule has 2 N–H and O–H groups in total. The lowest BCUT2D eigenvalue weighted by atomic mass is 9.93. The van der Waals surface area contributed by atoms with Crippen LogP contribution >= 0.6 is 11.6 Å². The normalized spacial score (nSPS) is 19.9. The van der Waals surface area contributed by atoms with Crippen LogP contribution in [0.1, 0.15) is 25.7 Å². The van der Waals surface area contributed by atoms with Crippen LogP contribution < -0.4 is 15.4 Å². The lowest BCUT2D eigenvalue weighted by Gasteiger charge is -2.29. The summed E-state index contributed by atoms with van der Waals surface area (Å²) in [6.07, 6.45) is 4.84. The largest absolute Gasteiger partial charge is 0.474 e. The molecule has 25 heavy (non-hydrogen) atoms. The number of carbonyl (C=O) groups is 1. The molecule has 1 aliphatic rings. The van der Waals surface area contributed by atoms with Gasteiger partial charge in [0.25, 0.3) is 0 Å². The molecule has 0 aliphatic heterocycles. The predicted octanol–water partition coefficient (Wildman–Crippen LogP) is 4.39. The Hall–Kier alpha value is -2.34. The van der Waals surface area contributed by atoms with Gasteiger partial charge >= 0.3 is 6.03 Å². The molecule has 1 heterocycles. The third-order valence-electron chi connectivity index (χ3n) is 4.12. The summed E-state index contributed by atoms with van der Waals surface area (Å²) in [6.45, 7) is 0. The van der Waals surface area contributed by atoms with E-state index in [1.54, 1.807) is 30.5 Å². The number of amides is 2. The molecule has 0 atom stereocenters. The van der Waals surface area contributed by atoms with E-state index in [0.717, 1.165) is 25.7 Å². The van der Waals surface area contributed by atoms with Crippen molar-refractivity contribution in [2.24, 2.45) is 0 Å². The van der Waals surface area contributed by atoms with E-state index in [1.807, 2.05) is 0 Å². The summed E-state index contributed by atoms with van der Waals surface area (Å²) in [4.78, 5) is 16.1. The summed E-state index contributed by atoms with van der Waals surface area (Å²) in [5.74, 6) is 0.100. The zero-order valence-corrected chi connectivity index (χ0v) is 14.3. The monoisotopic (exact) mass is 363 g/mol. The van der Waals surface area contributed by atoms with E-state index in [0.29, 0.717) is 10.9 Å². The van der Waals surface area contributed by atoms with Gasteiger partial charge in [-0.25, -0.2) is 14.2 Å². The SMILES string of the molecule is O=C(Nc1ccccc1F)NC1CCC(Oc2ccc(Cl)cn2)CC1. The second-order valence-corrected chi connectivity index (χ2v) is 6.42. The number of benzene rings is 1. The number of hydrogen-bond donors (Lipinski definition) is 2. The smallest absolute Gasteiger partial charge is 0.319 e. The topological polar surface area (TPSA) is 63.2 Å². The van der Waals surface area contributed by atoms with E-state index >= 15 is 0 Å². The van der Waals surface area contributed by atoms with Crippen LogP contribution in [0.3, 0.4) is 0 Å². The van der Waals surface area contributed by atoms with Crippen LogP contribution in [0, 0.1) is 5.82 Å². The van der Waals surface area contributed by atoms with Crippen LogP contribution in [-0.4, -0.2) is 23.2 Å². The van der Waals surface area contributed by atoms with Crippen molar-refractivity contribution < 1.29 is 13.9 Å². The second kappa shape index (κ2) is 8.16. The minimum Gasteiger partial charge on any atom is -0.474 e. The molecule has 0 unspecified atom stereocenters. The molecule has 7 heteroatoms. The number of nitrogens with one attached hydrogen (secondary N) is 2. The van der Waals surface area contributed by atoms with Crippen LogP contribution in [0.25, 0.3) is 0 Å². The fourth-order valence-corrected chi connectivity index (χ4v) is 2.95. The van der Waals surface area contributed by atoms with Gasteiger partial charge in [0.15, 0.2) is 0 Å². The Morgan fingerprint density at radius 1 is 1.16 bits per heavy atom. The predicted molar refractivity (Wildman–Crippen MR) is 94.5 cm³/mol. The van der Waals surface area contributed by atoms with Crippen LogP contribution in [0.4, 0.5) is 14.9 Å². The average molecular weight is 364 g/mol. The standard InChI is InChI=1S/C18H19ClFN3O2/c19-12-5-10-17(21-11-12)25-14-8-6-13(7-9-14)22-18(24)23-16-4-2-1-3-15(16)20/h1-5,10-11,13-14H,6-9H2,(H2,22,23,24). The summed E-state index contributed by atoms with van der Waals surface area (Å²) < 4.78 is 19.4. The molecule has 132 valence electrons. The van der Waals surface area contributed by atoms with Crippen LogP contribution in [0.15, 0.2) is 42.6 Å². The maximum atomic E-state index is 13.5. The van der Waals surface area contributed by atoms with Crippen molar-refractivity contribution in [1.29, 1.82) is 0 Å². The first kappa shape index (κ1) is 17.5. The number of aromatic nitrogens is 1. The molecule has 3 rings (SSSR count). The molecule has 2 aromatic rings. The first-order valence-corrected chi connectivity index (χ1v) is 8.58. The molecule has 2 amide bonds. The molecule has 0 radical (unpaired) electrons. The van der Waals surface area contributed by atoms with E-state index in [1.165, 1.54) is 12.1 Å². The number of anilines is 1. The zero-order valence-electron chi connectivity index (χ0n) is 13.5. The molecule has 1 aliphatic carbocycles. The number of halogens is 2. The van der Waals surface area contributed by atoms with E-state index in [2.05, 4.69) is 15.6 Å². The van der Waals surface area contributed by atoms with Gasteiger partial charge in [-0.15, -0.1) is 0 Å². The molecule has 1 fully saturated rings. The van der Waals surface area contributed by atoms with Crippen LogP contribution in [0.5, 0.6) is 5.88 Å². The fourth-order valence-electron chi connectivity index (χ4n) is 2.83. The van der Waals surface area contributed by atoms with Crippen molar-refractivity contribution in [3.63, 3.8) is 0 Å². The molecule has 5 nitrogen and oxygen atoms in total. The molecule has 0 bridgehead atoms. The van der Waals surface area contributed by atoms with E-state index < -0.39 is 11.8 Å². The van der Waals surface area contributed by atoms with Gasteiger partial charge in [0.1, 0.15) is 11.9 Å². The van der Waals surface area contributed by atoms with E-state index in [9.17, 15) is 9.18 Å². The lowest BCUT2D eigenvalue weighted by Crippen LogP contribution is -2.41. The van der Waals surface area contributed by atoms with Crippen molar-refractivity contribution in [2.75, 3.05) is 5.32 Å². The maximum Gasteiger partial charge on any atom is 0.319 e. The summed E-state index contributed by atoms with van der Waals surface area (Å²) in [6, 6.07) is 9.22. The fraction of sp³-hybridized carbons (Fsp3) is 0.333. The Bertz CT molecular complexity index is 719. The summed E-state index contributed by atoms with van der Waals surface area (Å²) in [7, 11) is 0. The number of hydrogen-bond acceptors (Lipinski definition) is 3. The van der Waals surface area contributed by atoms with Crippen molar-refractivity contribution in [3.05, 3.63) is 53.4 Å². The Balaban J connectivity index is 1.43. The Kier molecular flexibility index (Phi) is 5.71.